The predicted octanol–water partition coefficient (Wildman–Crippen LogP) is 7.45. The molecule has 0 aromatic heterocycles. The van der Waals surface area contributed by atoms with Crippen LogP contribution in [0.1, 0.15) is 87.7 Å². The van der Waals surface area contributed by atoms with Crippen molar-refractivity contribution in [3.63, 3.8) is 0 Å². The van der Waals surface area contributed by atoms with Gasteiger partial charge in [-0.2, -0.15) is 11.8 Å². The van der Waals surface area contributed by atoms with E-state index in [4.69, 9.17) is 23.2 Å². The van der Waals surface area contributed by atoms with Crippen LogP contribution in [0.25, 0.3) is 0 Å². The molecule has 2 aliphatic heterocycles. The van der Waals surface area contributed by atoms with Crippen molar-refractivity contribution in [2.24, 2.45) is 0 Å². The Labute approximate surface area is 261 Å². The van der Waals surface area contributed by atoms with Crippen LogP contribution < -0.4 is 10.6 Å². The lowest BCUT2D eigenvalue weighted by atomic mass is 9.55. The maximum Gasteiger partial charge on any atom is 0.238 e. The summed E-state index contributed by atoms with van der Waals surface area (Å²) in [5.74, 6) is -1.64. The van der Waals surface area contributed by atoms with Crippen molar-refractivity contribution in [3.05, 3.63) is 63.4 Å². The zero-order valence-corrected chi connectivity index (χ0v) is 26.5. The largest absolute Gasteiger partial charge is 0.349 e. The first kappa shape index (κ1) is 28.9. The van der Waals surface area contributed by atoms with Gasteiger partial charge in [0.2, 0.25) is 11.8 Å². The quantitative estimate of drug-likeness (QED) is 0.369. The number of rotatable bonds is 4. The van der Waals surface area contributed by atoms with Crippen molar-refractivity contribution in [1.29, 1.82) is 0 Å². The Hall–Kier alpha value is -1.80. The maximum atomic E-state index is 16.2. The molecule has 9 heteroatoms. The van der Waals surface area contributed by atoms with E-state index in [1.807, 2.05) is 24.9 Å². The molecule has 3 atom stereocenters. The van der Waals surface area contributed by atoms with Crippen LogP contribution in [0.2, 0.25) is 10.0 Å². The number of likely N-dealkylation sites (tertiary alicyclic amines) is 1. The average molecular weight is 631 g/mol. The van der Waals surface area contributed by atoms with Gasteiger partial charge < -0.3 is 10.6 Å². The number of likely N-dealkylation sites (N-methyl/N-ethyl adjacent to an activating group) is 1. The number of carbonyl (C=O) groups excluding carboxylic acids is 2. The molecule has 0 radical (unpaired) electrons. The Balaban J connectivity index is 1.41. The molecule has 2 aromatic carbocycles. The summed E-state index contributed by atoms with van der Waals surface area (Å²) in [5.41, 5.74) is -0.372. The standard InChI is InChI=1S/C33H38Cl2FN3O2S/c1-39-27(28(40)38-30-13-16-31(42-2,17-14-30)18-15-30)25(21-7-6-8-23(35)26(21)36)33(32(39)11-4-3-5-12-32)22-10-9-20(34)19-24(22)37-29(33)41/h6-10,19,25,27H,3-5,11-18H2,1-2H3,(H,37,41)(H,38,40)/t25-,27+,30?,31?,33+/m0/s1. The number of halogens is 3. The van der Waals surface area contributed by atoms with Gasteiger partial charge in [0, 0.05) is 32.5 Å². The highest BCUT2D eigenvalue weighted by molar-refractivity contribution is 8.00. The zero-order valence-electron chi connectivity index (χ0n) is 24.2. The number of amides is 2. The van der Waals surface area contributed by atoms with E-state index >= 15 is 4.39 Å². The van der Waals surface area contributed by atoms with Crippen molar-refractivity contribution in [1.82, 2.24) is 10.2 Å². The minimum Gasteiger partial charge on any atom is -0.349 e. The fourth-order valence-electron chi connectivity index (χ4n) is 9.73. The Morgan fingerprint density at radius 2 is 1.71 bits per heavy atom. The van der Waals surface area contributed by atoms with Gasteiger partial charge in [-0.1, -0.05) is 60.7 Å². The number of carbonyl (C=O) groups is 2. The minimum atomic E-state index is -1.19. The molecule has 2 amide bonds. The minimum absolute atomic E-state index is 0.00431. The fraction of sp³-hybridized carbons (Fsp3) is 0.576. The summed E-state index contributed by atoms with van der Waals surface area (Å²) in [6.45, 7) is 0. The molecule has 5 nitrogen and oxygen atoms in total. The topological polar surface area (TPSA) is 61.4 Å². The monoisotopic (exact) mass is 629 g/mol. The second-order valence-electron chi connectivity index (χ2n) is 13.4. The van der Waals surface area contributed by atoms with Crippen molar-refractivity contribution in [3.8, 4) is 0 Å². The molecule has 2 N–H and O–H groups in total. The normalized spacial score (nSPS) is 35.0. The summed E-state index contributed by atoms with van der Waals surface area (Å²) in [6, 6.07) is 9.72. The van der Waals surface area contributed by atoms with E-state index in [1.54, 1.807) is 24.3 Å². The van der Waals surface area contributed by atoms with Crippen LogP contribution in [0.4, 0.5) is 10.1 Å². The summed E-state index contributed by atoms with van der Waals surface area (Å²) in [4.78, 5) is 31.6. The highest BCUT2D eigenvalue weighted by Crippen LogP contribution is 2.66. The third kappa shape index (κ3) is 3.85. The van der Waals surface area contributed by atoms with Gasteiger partial charge in [-0.05, 0) is 94.0 Å². The van der Waals surface area contributed by atoms with E-state index in [0.29, 0.717) is 21.0 Å². The lowest BCUT2D eigenvalue weighted by Crippen LogP contribution is -2.62. The maximum absolute atomic E-state index is 16.2. The lowest BCUT2D eigenvalue weighted by molar-refractivity contribution is -0.130. The van der Waals surface area contributed by atoms with Gasteiger partial charge in [-0.15, -0.1) is 0 Å². The van der Waals surface area contributed by atoms with Crippen LogP contribution in [0.5, 0.6) is 0 Å². The van der Waals surface area contributed by atoms with E-state index in [0.717, 1.165) is 76.2 Å². The molecule has 2 bridgehead atoms. The molecule has 4 aliphatic carbocycles. The average Bonchev–Trinajstić information content (AvgIpc) is 3.40. The summed E-state index contributed by atoms with van der Waals surface area (Å²) in [7, 11) is 1.99. The fourth-order valence-corrected chi connectivity index (χ4v) is 11.0. The second kappa shape index (κ2) is 10.1. The molecule has 2 heterocycles. The third-order valence-corrected chi connectivity index (χ3v) is 13.9. The Bertz CT molecular complexity index is 1440. The zero-order chi connectivity index (χ0) is 29.5. The molecule has 2 spiro atoms. The van der Waals surface area contributed by atoms with Gasteiger partial charge in [0.15, 0.2) is 0 Å². The molecular weight excluding hydrogens is 592 g/mol. The number of thioether (sulfide) groups is 1. The first-order valence-electron chi connectivity index (χ1n) is 15.3. The van der Waals surface area contributed by atoms with Crippen molar-refractivity contribution in [2.75, 3.05) is 18.6 Å². The Morgan fingerprint density at radius 3 is 2.38 bits per heavy atom. The number of hydrogen-bond acceptors (Lipinski definition) is 4. The highest BCUT2D eigenvalue weighted by Gasteiger charge is 2.75. The molecule has 42 heavy (non-hydrogen) atoms. The Morgan fingerprint density at radius 1 is 1.02 bits per heavy atom. The molecule has 4 saturated carbocycles. The first-order valence-corrected chi connectivity index (χ1v) is 17.3. The number of fused-ring (bicyclic) bond motifs is 6. The number of anilines is 1. The van der Waals surface area contributed by atoms with Crippen molar-refractivity contribution >= 4 is 52.5 Å². The van der Waals surface area contributed by atoms with Crippen LogP contribution >= 0.6 is 35.0 Å². The summed E-state index contributed by atoms with van der Waals surface area (Å²) in [5, 5.41) is 7.19. The molecule has 224 valence electrons. The van der Waals surface area contributed by atoms with E-state index in [1.165, 1.54) is 6.07 Å². The van der Waals surface area contributed by atoms with E-state index in [2.05, 4.69) is 21.8 Å². The van der Waals surface area contributed by atoms with Gasteiger partial charge in [0.1, 0.15) is 11.2 Å². The van der Waals surface area contributed by atoms with Crippen LogP contribution in [-0.2, 0) is 15.0 Å². The molecule has 1 saturated heterocycles. The van der Waals surface area contributed by atoms with E-state index in [-0.39, 0.29) is 22.4 Å². The van der Waals surface area contributed by atoms with Gasteiger partial charge in [0.25, 0.3) is 0 Å². The van der Waals surface area contributed by atoms with Gasteiger partial charge in [-0.25, -0.2) is 4.39 Å². The smallest absolute Gasteiger partial charge is 0.238 e. The summed E-state index contributed by atoms with van der Waals surface area (Å²) < 4.78 is 16.6. The summed E-state index contributed by atoms with van der Waals surface area (Å²) in [6.07, 6.45) is 12.7. The Kier molecular flexibility index (Phi) is 6.97. The molecule has 5 fully saturated rings. The van der Waals surface area contributed by atoms with Crippen LogP contribution in [0, 0.1) is 5.82 Å². The molecule has 6 aliphatic rings. The van der Waals surface area contributed by atoms with Crippen LogP contribution in [-0.4, -0.2) is 51.9 Å². The van der Waals surface area contributed by atoms with E-state index in [9.17, 15) is 9.59 Å². The number of benzene rings is 2. The van der Waals surface area contributed by atoms with Crippen molar-refractivity contribution < 1.29 is 14.0 Å². The van der Waals surface area contributed by atoms with Gasteiger partial charge >= 0.3 is 0 Å². The molecule has 2 aromatic rings. The second-order valence-corrected chi connectivity index (χ2v) is 15.5. The first-order chi connectivity index (χ1) is 20.1. The molecular formula is C33H38Cl2FN3O2S. The van der Waals surface area contributed by atoms with Gasteiger partial charge in [-0.3, -0.25) is 14.5 Å². The van der Waals surface area contributed by atoms with Crippen LogP contribution in [0.3, 0.4) is 0 Å². The number of nitrogens with zero attached hydrogens (tertiary/aromatic N) is 1. The van der Waals surface area contributed by atoms with Gasteiger partial charge in [0.05, 0.1) is 11.1 Å². The van der Waals surface area contributed by atoms with E-state index < -0.39 is 28.7 Å². The molecule has 8 rings (SSSR count). The number of hydrogen-bond donors (Lipinski definition) is 2. The van der Waals surface area contributed by atoms with Crippen molar-refractivity contribution in [2.45, 2.75) is 104 Å². The highest BCUT2D eigenvalue weighted by atomic mass is 35.5. The molecule has 0 unspecified atom stereocenters. The summed E-state index contributed by atoms with van der Waals surface area (Å²) >= 11 is 14.8. The predicted molar refractivity (Wildman–Crippen MR) is 168 cm³/mol. The SMILES string of the molecule is CSC12CCC(NC(=O)[C@H]3[C@H](c4cccc(Cl)c4F)[C@]4(C(=O)Nc5cc(Cl)ccc54)C4(CCCCC4)N3C)(CC1)CC2. The number of nitrogens with one attached hydrogen (secondary N) is 2. The lowest BCUT2D eigenvalue weighted by Gasteiger charge is -2.53. The van der Waals surface area contributed by atoms with Crippen LogP contribution in [0.15, 0.2) is 36.4 Å². The third-order valence-electron chi connectivity index (χ3n) is 11.9.